The van der Waals surface area contributed by atoms with Crippen molar-refractivity contribution in [2.75, 3.05) is 18.1 Å². The predicted molar refractivity (Wildman–Crippen MR) is 76.5 cm³/mol. The topological polar surface area (TPSA) is 89.3 Å². The van der Waals surface area contributed by atoms with Gasteiger partial charge < -0.3 is 11.1 Å². The van der Waals surface area contributed by atoms with E-state index >= 15 is 0 Å². The second-order valence-electron chi connectivity index (χ2n) is 6.22. The van der Waals surface area contributed by atoms with Gasteiger partial charge in [0.25, 0.3) is 0 Å². The lowest BCUT2D eigenvalue weighted by Gasteiger charge is -2.26. The van der Waals surface area contributed by atoms with Gasteiger partial charge in [-0.05, 0) is 37.6 Å². The number of nitrogens with two attached hydrogens (primary N) is 1. The molecular formula is C13H26N2O3S. The van der Waals surface area contributed by atoms with Crippen LogP contribution in [0.15, 0.2) is 0 Å². The van der Waals surface area contributed by atoms with Crippen molar-refractivity contribution in [2.24, 2.45) is 11.1 Å². The first-order chi connectivity index (χ1) is 8.74. The Morgan fingerprint density at radius 1 is 1.37 bits per heavy atom. The molecule has 0 aromatic rings. The van der Waals surface area contributed by atoms with Crippen molar-refractivity contribution in [3.05, 3.63) is 0 Å². The molecule has 1 fully saturated rings. The van der Waals surface area contributed by atoms with E-state index in [1.807, 2.05) is 0 Å². The summed E-state index contributed by atoms with van der Waals surface area (Å²) in [4.78, 5) is 11.8. The Hall–Kier alpha value is -0.620. The second kappa shape index (κ2) is 6.70. The maximum absolute atomic E-state index is 11.8. The lowest BCUT2D eigenvalue weighted by molar-refractivity contribution is -0.122. The number of carbonyl (C=O) groups is 1. The average Bonchev–Trinajstić information content (AvgIpc) is 2.25. The maximum Gasteiger partial charge on any atom is 0.220 e. The summed E-state index contributed by atoms with van der Waals surface area (Å²) in [5, 5.41) is 2.84. The van der Waals surface area contributed by atoms with E-state index in [1.165, 1.54) is 0 Å². The Morgan fingerprint density at radius 3 is 2.63 bits per heavy atom. The molecule has 1 heterocycles. The second-order valence-corrected chi connectivity index (χ2v) is 8.45. The molecule has 3 N–H and O–H groups in total. The van der Waals surface area contributed by atoms with E-state index in [9.17, 15) is 13.2 Å². The van der Waals surface area contributed by atoms with Crippen LogP contribution in [-0.4, -0.2) is 38.4 Å². The van der Waals surface area contributed by atoms with E-state index < -0.39 is 9.84 Å². The summed E-state index contributed by atoms with van der Waals surface area (Å²) in [6.45, 7) is 4.81. The number of nitrogens with one attached hydrogen (secondary N) is 1. The van der Waals surface area contributed by atoms with Gasteiger partial charge in [-0.1, -0.05) is 13.8 Å². The molecule has 0 aliphatic carbocycles. The lowest BCUT2D eigenvalue weighted by atomic mass is 9.84. The van der Waals surface area contributed by atoms with Crippen LogP contribution in [0.2, 0.25) is 0 Å². The van der Waals surface area contributed by atoms with Gasteiger partial charge in [0.1, 0.15) is 0 Å². The molecule has 0 radical (unpaired) electrons. The minimum Gasteiger partial charge on any atom is -0.352 e. The summed E-state index contributed by atoms with van der Waals surface area (Å²) in [5.41, 5.74) is 5.59. The van der Waals surface area contributed by atoms with Gasteiger partial charge in [-0.2, -0.15) is 0 Å². The molecule has 5 nitrogen and oxygen atoms in total. The van der Waals surface area contributed by atoms with Crippen LogP contribution < -0.4 is 11.1 Å². The van der Waals surface area contributed by atoms with E-state index in [0.717, 1.165) is 19.3 Å². The number of hydrogen-bond donors (Lipinski definition) is 2. The molecular weight excluding hydrogens is 264 g/mol. The molecule has 1 aliphatic rings. The first kappa shape index (κ1) is 16.4. The maximum atomic E-state index is 11.8. The Kier molecular flexibility index (Phi) is 5.80. The molecule has 112 valence electrons. The molecule has 0 aromatic heterocycles. The molecule has 1 unspecified atom stereocenters. The third-order valence-electron chi connectivity index (χ3n) is 3.68. The first-order valence-electron chi connectivity index (χ1n) is 6.94. The summed E-state index contributed by atoms with van der Waals surface area (Å²) >= 11 is 0. The third-order valence-corrected chi connectivity index (χ3v) is 5.50. The highest BCUT2D eigenvalue weighted by Crippen LogP contribution is 2.25. The highest BCUT2D eigenvalue weighted by molar-refractivity contribution is 7.91. The molecule has 0 aromatic carbocycles. The van der Waals surface area contributed by atoms with Crippen LogP contribution in [0.3, 0.4) is 0 Å². The minimum atomic E-state index is -2.96. The first-order valence-corrected chi connectivity index (χ1v) is 8.76. The molecule has 0 saturated carbocycles. The Balaban J connectivity index is 2.35. The van der Waals surface area contributed by atoms with Crippen LogP contribution in [-0.2, 0) is 14.6 Å². The molecule has 1 saturated heterocycles. The highest BCUT2D eigenvalue weighted by Gasteiger charge is 2.26. The van der Waals surface area contributed by atoms with Crippen LogP contribution in [0, 0.1) is 5.41 Å². The summed E-state index contributed by atoms with van der Waals surface area (Å²) in [5.74, 6) is 0.292. The van der Waals surface area contributed by atoms with Crippen LogP contribution in [0.25, 0.3) is 0 Å². The van der Waals surface area contributed by atoms with Gasteiger partial charge in [-0.3, -0.25) is 4.79 Å². The largest absolute Gasteiger partial charge is 0.352 e. The number of sulfone groups is 1. The van der Waals surface area contributed by atoms with Crippen molar-refractivity contribution in [1.82, 2.24) is 5.32 Å². The van der Waals surface area contributed by atoms with Gasteiger partial charge in [0.05, 0.1) is 11.5 Å². The predicted octanol–water partition coefficient (Wildman–Crippen LogP) is 0.835. The normalized spacial score (nSPS) is 23.0. The van der Waals surface area contributed by atoms with Crippen molar-refractivity contribution in [2.45, 2.75) is 52.0 Å². The third kappa shape index (κ3) is 6.38. The van der Waals surface area contributed by atoms with E-state index in [-0.39, 0.29) is 28.9 Å². The van der Waals surface area contributed by atoms with Gasteiger partial charge in [0, 0.05) is 12.5 Å². The Morgan fingerprint density at radius 2 is 2.05 bits per heavy atom. The average molecular weight is 290 g/mol. The molecule has 0 bridgehead atoms. The fourth-order valence-corrected chi connectivity index (χ4v) is 4.04. The van der Waals surface area contributed by atoms with Crippen molar-refractivity contribution in [3.63, 3.8) is 0 Å². The highest BCUT2D eigenvalue weighted by atomic mass is 32.2. The van der Waals surface area contributed by atoms with Crippen molar-refractivity contribution < 1.29 is 13.2 Å². The molecule has 1 aliphatic heterocycles. The molecule has 19 heavy (non-hydrogen) atoms. The van der Waals surface area contributed by atoms with Crippen LogP contribution in [0.5, 0.6) is 0 Å². The number of amides is 1. The van der Waals surface area contributed by atoms with Crippen LogP contribution >= 0.6 is 0 Å². The van der Waals surface area contributed by atoms with Gasteiger partial charge in [0.15, 0.2) is 9.84 Å². The molecule has 1 amide bonds. The SMILES string of the molecule is CC(C)(CCN)CCC(=O)NC1CCCS(=O)(=O)C1. The van der Waals surface area contributed by atoms with E-state index in [2.05, 4.69) is 19.2 Å². The summed E-state index contributed by atoms with van der Waals surface area (Å²) < 4.78 is 23.0. The number of rotatable bonds is 6. The van der Waals surface area contributed by atoms with Crippen LogP contribution in [0.1, 0.15) is 46.0 Å². The summed E-state index contributed by atoms with van der Waals surface area (Å²) in [6.07, 6.45) is 3.50. The van der Waals surface area contributed by atoms with Crippen molar-refractivity contribution in [3.8, 4) is 0 Å². The number of hydrogen-bond acceptors (Lipinski definition) is 4. The monoisotopic (exact) mass is 290 g/mol. The van der Waals surface area contributed by atoms with Crippen molar-refractivity contribution in [1.29, 1.82) is 0 Å². The van der Waals surface area contributed by atoms with E-state index in [4.69, 9.17) is 5.73 Å². The zero-order valence-corrected chi connectivity index (χ0v) is 12.8. The minimum absolute atomic E-state index is 0.0489. The Labute approximate surface area is 116 Å². The summed E-state index contributed by atoms with van der Waals surface area (Å²) in [6, 6.07) is -0.205. The zero-order valence-electron chi connectivity index (χ0n) is 11.9. The smallest absolute Gasteiger partial charge is 0.220 e. The quantitative estimate of drug-likeness (QED) is 0.758. The molecule has 1 rings (SSSR count). The lowest BCUT2D eigenvalue weighted by Crippen LogP contribution is -2.43. The molecule has 0 spiro atoms. The number of carbonyl (C=O) groups excluding carboxylic acids is 1. The van der Waals surface area contributed by atoms with E-state index in [0.29, 0.717) is 19.4 Å². The standard InChI is InChI=1S/C13H26N2O3S/c1-13(2,7-8-14)6-5-12(16)15-11-4-3-9-19(17,18)10-11/h11H,3-10,14H2,1-2H3,(H,15,16). The fraction of sp³-hybridized carbons (Fsp3) is 0.923. The zero-order chi connectivity index (χ0) is 14.5. The van der Waals surface area contributed by atoms with Gasteiger partial charge in [-0.25, -0.2) is 8.42 Å². The van der Waals surface area contributed by atoms with Gasteiger partial charge >= 0.3 is 0 Å². The molecule has 6 heteroatoms. The van der Waals surface area contributed by atoms with Gasteiger partial charge in [0.2, 0.25) is 5.91 Å². The molecule has 1 atom stereocenters. The van der Waals surface area contributed by atoms with Gasteiger partial charge in [-0.15, -0.1) is 0 Å². The van der Waals surface area contributed by atoms with Crippen LogP contribution in [0.4, 0.5) is 0 Å². The van der Waals surface area contributed by atoms with E-state index in [1.54, 1.807) is 0 Å². The Bertz CT molecular complexity index is 404. The fourth-order valence-electron chi connectivity index (χ4n) is 2.40. The van der Waals surface area contributed by atoms with Crippen molar-refractivity contribution >= 4 is 15.7 Å². The summed E-state index contributed by atoms with van der Waals surface area (Å²) in [7, 11) is -2.96.